The van der Waals surface area contributed by atoms with Gasteiger partial charge in [-0.05, 0) is 19.1 Å². The summed E-state index contributed by atoms with van der Waals surface area (Å²) in [4.78, 5) is 14.9. The van der Waals surface area contributed by atoms with E-state index < -0.39 is 11.8 Å². The Morgan fingerprint density at radius 3 is 3.00 bits per heavy atom. The van der Waals surface area contributed by atoms with Crippen molar-refractivity contribution >= 4 is 11.6 Å². The minimum Gasteiger partial charge on any atom is -0.481 e. The molecule has 5 heteroatoms. The first kappa shape index (κ1) is 11.6. The van der Waals surface area contributed by atoms with Gasteiger partial charge in [-0.3, -0.25) is 4.79 Å². The number of halogens is 1. The quantitative estimate of drug-likeness (QED) is 0.890. The van der Waals surface area contributed by atoms with Crippen LogP contribution in [0.2, 0.25) is 0 Å². The maximum Gasteiger partial charge on any atom is 0.304 e. The first-order chi connectivity index (χ1) is 8.00. The van der Waals surface area contributed by atoms with Gasteiger partial charge in [-0.25, -0.2) is 9.37 Å². The highest BCUT2D eigenvalue weighted by Gasteiger charge is 2.19. The molecule has 2 heterocycles. The Morgan fingerprint density at radius 1 is 1.65 bits per heavy atom. The summed E-state index contributed by atoms with van der Waals surface area (Å²) in [7, 11) is 0. The highest BCUT2D eigenvalue weighted by Crippen LogP contribution is 2.24. The lowest BCUT2D eigenvalue weighted by Crippen LogP contribution is -2.06. The van der Waals surface area contributed by atoms with Crippen molar-refractivity contribution in [3.63, 3.8) is 0 Å². The SMILES string of the molecule is Cc1nc2c(F)cccn2c1C(C)CC(=O)O. The topological polar surface area (TPSA) is 54.6 Å². The fraction of sp³-hybridized carbons (Fsp3) is 0.333. The van der Waals surface area contributed by atoms with Crippen molar-refractivity contribution in [2.75, 3.05) is 0 Å². The smallest absolute Gasteiger partial charge is 0.304 e. The Balaban J connectivity index is 2.57. The van der Waals surface area contributed by atoms with Gasteiger partial charge >= 0.3 is 5.97 Å². The summed E-state index contributed by atoms with van der Waals surface area (Å²) in [6.07, 6.45) is 1.71. The Hall–Kier alpha value is -1.91. The molecule has 0 bridgehead atoms. The fourth-order valence-corrected chi connectivity index (χ4v) is 2.12. The number of carboxylic acid groups (broad SMARTS) is 1. The first-order valence-corrected chi connectivity index (χ1v) is 5.35. The van der Waals surface area contributed by atoms with Crippen LogP contribution in [0.5, 0.6) is 0 Å². The van der Waals surface area contributed by atoms with Gasteiger partial charge in [0.25, 0.3) is 0 Å². The van der Waals surface area contributed by atoms with Crippen LogP contribution < -0.4 is 0 Å². The lowest BCUT2D eigenvalue weighted by Gasteiger charge is -2.09. The molecular weight excluding hydrogens is 223 g/mol. The van der Waals surface area contributed by atoms with Crippen LogP contribution in [0.15, 0.2) is 18.3 Å². The van der Waals surface area contributed by atoms with Gasteiger partial charge in [-0.1, -0.05) is 6.92 Å². The van der Waals surface area contributed by atoms with E-state index in [1.807, 2.05) is 0 Å². The maximum atomic E-state index is 13.5. The molecule has 1 atom stereocenters. The molecule has 0 aromatic carbocycles. The second-order valence-corrected chi connectivity index (χ2v) is 4.13. The zero-order valence-electron chi connectivity index (χ0n) is 9.64. The first-order valence-electron chi connectivity index (χ1n) is 5.35. The second-order valence-electron chi connectivity index (χ2n) is 4.13. The van der Waals surface area contributed by atoms with Crippen LogP contribution in [0, 0.1) is 12.7 Å². The van der Waals surface area contributed by atoms with Crippen molar-refractivity contribution in [3.05, 3.63) is 35.5 Å². The molecule has 0 saturated carbocycles. The number of fused-ring (bicyclic) bond motifs is 1. The minimum absolute atomic E-state index is 0.00511. The summed E-state index contributed by atoms with van der Waals surface area (Å²) >= 11 is 0. The van der Waals surface area contributed by atoms with E-state index in [0.29, 0.717) is 5.69 Å². The molecule has 0 aliphatic carbocycles. The zero-order valence-corrected chi connectivity index (χ0v) is 9.64. The molecule has 90 valence electrons. The number of aromatic nitrogens is 2. The molecule has 0 radical (unpaired) electrons. The van der Waals surface area contributed by atoms with E-state index in [1.165, 1.54) is 6.07 Å². The summed E-state index contributed by atoms with van der Waals surface area (Å²) in [6.45, 7) is 3.57. The number of hydrogen-bond acceptors (Lipinski definition) is 2. The number of imidazole rings is 1. The van der Waals surface area contributed by atoms with Crippen molar-refractivity contribution in [1.29, 1.82) is 0 Å². The van der Waals surface area contributed by atoms with Crippen molar-refractivity contribution in [1.82, 2.24) is 9.38 Å². The number of carbonyl (C=O) groups is 1. The number of carboxylic acids is 1. The van der Waals surface area contributed by atoms with E-state index in [1.54, 1.807) is 30.5 Å². The third-order valence-electron chi connectivity index (χ3n) is 2.77. The Labute approximate surface area is 97.7 Å². The molecule has 1 N–H and O–H groups in total. The third-order valence-corrected chi connectivity index (χ3v) is 2.77. The maximum absolute atomic E-state index is 13.5. The predicted molar refractivity (Wildman–Crippen MR) is 60.6 cm³/mol. The summed E-state index contributed by atoms with van der Waals surface area (Å²) in [5.74, 6) is -1.48. The molecule has 0 fully saturated rings. The van der Waals surface area contributed by atoms with Crippen molar-refractivity contribution in [3.8, 4) is 0 Å². The van der Waals surface area contributed by atoms with E-state index in [4.69, 9.17) is 5.11 Å². The molecule has 0 saturated heterocycles. The minimum atomic E-state index is -0.872. The van der Waals surface area contributed by atoms with Crippen LogP contribution in [-0.4, -0.2) is 20.5 Å². The molecule has 0 aliphatic rings. The molecule has 2 aromatic heterocycles. The Bertz CT molecular complexity index is 577. The molecule has 1 unspecified atom stereocenters. The van der Waals surface area contributed by atoms with Gasteiger partial charge in [-0.2, -0.15) is 0 Å². The molecule has 0 amide bonds. The molecule has 2 aromatic rings. The van der Waals surface area contributed by atoms with Gasteiger partial charge in [0.2, 0.25) is 0 Å². The summed E-state index contributed by atoms with van der Waals surface area (Å²) in [6, 6.07) is 2.92. The molecule has 0 aliphatic heterocycles. The highest BCUT2D eigenvalue weighted by molar-refractivity contribution is 5.68. The molecule has 2 rings (SSSR count). The number of nitrogens with zero attached hydrogens (tertiary/aromatic N) is 2. The zero-order chi connectivity index (χ0) is 12.6. The van der Waals surface area contributed by atoms with Crippen molar-refractivity contribution in [2.45, 2.75) is 26.2 Å². The van der Waals surface area contributed by atoms with E-state index in [0.717, 1.165) is 5.69 Å². The number of rotatable bonds is 3. The average molecular weight is 236 g/mol. The third kappa shape index (κ3) is 2.00. The largest absolute Gasteiger partial charge is 0.481 e. The summed E-state index contributed by atoms with van der Waals surface area (Å²) < 4.78 is 15.1. The summed E-state index contributed by atoms with van der Waals surface area (Å²) in [5, 5.41) is 8.80. The standard InChI is InChI=1S/C12H13FN2O2/c1-7(6-10(16)17)11-8(2)14-12-9(13)4-3-5-15(11)12/h3-5,7H,6H2,1-2H3,(H,16,17). The number of aryl methyl sites for hydroxylation is 1. The molecule has 4 nitrogen and oxygen atoms in total. The predicted octanol–water partition coefficient (Wildman–Crippen LogP) is 2.36. The van der Waals surface area contributed by atoms with Gasteiger partial charge in [0, 0.05) is 17.8 Å². The van der Waals surface area contributed by atoms with Crippen LogP contribution >= 0.6 is 0 Å². The van der Waals surface area contributed by atoms with Crippen LogP contribution in [0.4, 0.5) is 4.39 Å². The highest BCUT2D eigenvalue weighted by atomic mass is 19.1. The second kappa shape index (κ2) is 4.16. The van der Waals surface area contributed by atoms with Gasteiger partial charge in [0.15, 0.2) is 11.5 Å². The summed E-state index contributed by atoms with van der Waals surface area (Å²) in [5.41, 5.74) is 1.67. The molecule has 17 heavy (non-hydrogen) atoms. The van der Waals surface area contributed by atoms with Crippen LogP contribution in [-0.2, 0) is 4.79 Å². The van der Waals surface area contributed by atoms with Crippen LogP contribution in [0.1, 0.15) is 30.7 Å². The van der Waals surface area contributed by atoms with E-state index in [2.05, 4.69) is 4.98 Å². The van der Waals surface area contributed by atoms with Gasteiger partial charge < -0.3 is 9.51 Å². The molecule has 0 spiro atoms. The van der Waals surface area contributed by atoms with Gasteiger partial charge in [0.1, 0.15) is 0 Å². The van der Waals surface area contributed by atoms with Crippen molar-refractivity contribution in [2.24, 2.45) is 0 Å². The normalized spacial score (nSPS) is 12.9. The lowest BCUT2D eigenvalue weighted by atomic mass is 10.0. The fourth-order valence-electron chi connectivity index (χ4n) is 2.12. The monoisotopic (exact) mass is 236 g/mol. The molecular formula is C12H13FN2O2. The van der Waals surface area contributed by atoms with Gasteiger partial charge in [0.05, 0.1) is 12.1 Å². The lowest BCUT2D eigenvalue weighted by molar-refractivity contribution is -0.137. The number of hydrogen-bond donors (Lipinski definition) is 1. The number of aliphatic carboxylic acids is 1. The van der Waals surface area contributed by atoms with Crippen LogP contribution in [0.3, 0.4) is 0 Å². The average Bonchev–Trinajstić information content (AvgIpc) is 2.55. The van der Waals surface area contributed by atoms with Gasteiger partial charge in [-0.15, -0.1) is 0 Å². The van der Waals surface area contributed by atoms with Crippen molar-refractivity contribution < 1.29 is 14.3 Å². The van der Waals surface area contributed by atoms with E-state index >= 15 is 0 Å². The Morgan fingerprint density at radius 2 is 2.35 bits per heavy atom. The van der Waals surface area contributed by atoms with E-state index in [9.17, 15) is 9.18 Å². The van der Waals surface area contributed by atoms with E-state index in [-0.39, 0.29) is 18.0 Å². The number of pyridine rings is 1. The van der Waals surface area contributed by atoms with Crippen LogP contribution in [0.25, 0.3) is 5.65 Å². The Kier molecular flexibility index (Phi) is 2.83.